The first-order chi connectivity index (χ1) is 9.10. The molecule has 4 heteroatoms. The van der Waals surface area contributed by atoms with E-state index < -0.39 is 0 Å². The van der Waals surface area contributed by atoms with Crippen molar-refractivity contribution in [3.8, 4) is 11.5 Å². The topological polar surface area (TPSA) is 34.1 Å². The van der Waals surface area contributed by atoms with Gasteiger partial charge in [0.25, 0.3) is 0 Å². The normalized spacial score (nSPS) is 12.2. The van der Waals surface area contributed by atoms with Gasteiger partial charge in [0.15, 0.2) is 11.6 Å². The van der Waals surface area contributed by atoms with Gasteiger partial charge in [-0.25, -0.2) is 4.39 Å². The number of nitrogens with zero attached hydrogens (tertiary/aromatic N) is 1. The van der Waals surface area contributed by atoms with Crippen LogP contribution in [0.1, 0.15) is 24.2 Å². The Bertz CT molecular complexity index is 555. The monoisotopic (exact) mass is 260 g/mol. The van der Waals surface area contributed by atoms with E-state index in [4.69, 9.17) is 4.74 Å². The summed E-state index contributed by atoms with van der Waals surface area (Å²) in [6.45, 7) is 3.91. The van der Waals surface area contributed by atoms with Crippen LogP contribution in [-0.2, 0) is 0 Å². The van der Waals surface area contributed by atoms with E-state index in [9.17, 15) is 4.39 Å². The molecule has 0 radical (unpaired) electrons. The van der Waals surface area contributed by atoms with E-state index in [1.165, 1.54) is 6.07 Å². The molecular formula is C15H17FN2O. The lowest BCUT2D eigenvalue weighted by Gasteiger charge is -2.11. The van der Waals surface area contributed by atoms with Gasteiger partial charge in [-0.15, -0.1) is 0 Å². The highest BCUT2D eigenvalue weighted by atomic mass is 19.1. The van der Waals surface area contributed by atoms with Crippen molar-refractivity contribution in [2.75, 3.05) is 7.05 Å². The summed E-state index contributed by atoms with van der Waals surface area (Å²) < 4.78 is 19.1. The molecule has 1 aromatic heterocycles. The molecule has 1 N–H and O–H groups in total. The van der Waals surface area contributed by atoms with Crippen LogP contribution in [0, 0.1) is 12.7 Å². The molecule has 1 heterocycles. The molecule has 0 amide bonds. The molecule has 3 nitrogen and oxygen atoms in total. The molecule has 1 aromatic carbocycles. The predicted molar refractivity (Wildman–Crippen MR) is 72.9 cm³/mol. The van der Waals surface area contributed by atoms with E-state index in [0.29, 0.717) is 5.75 Å². The van der Waals surface area contributed by atoms with Crippen molar-refractivity contribution in [2.45, 2.75) is 19.9 Å². The van der Waals surface area contributed by atoms with E-state index in [2.05, 4.69) is 10.3 Å². The van der Waals surface area contributed by atoms with E-state index in [1.54, 1.807) is 24.4 Å². The standard InChI is InChI=1S/C15H17FN2O/c1-10-4-6-13(16)15(8-10)19-12-5-7-14(18-9-12)11(2)17-3/h4-9,11,17H,1-3H3. The van der Waals surface area contributed by atoms with E-state index >= 15 is 0 Å². The van der Waals surface area contributed by atoms with Crippen molar-refractivity contribution in [1.82, 2.24) is 10.3 Å². The van der Waals surface area contributed by atoms with E-state index in [-0.39, 0.29) is 17.6 Å². The number of pyridine rings is 1. The first kappa shape index (κ1) is 13.5. The van der Waals surface area contributed by atoms with E-state index in [0.717, 1.165) is 11.3 Å². The lowest BCUT2D eigenvalue weighted by molar-refractivity contribution is 0.439. The zero-order valence-corrected chi connectivity index (χ0v) is 11.3. The summed E-state index contributed by atoms with van der Waals surface area (Å²) in [5.74, 6) is 0.367. The van der Waals surface area contributed by atoms with Crippen LogP contribution < -0.4 is 10.1 Å². The van der Waals surface area contributed by atoms with Crippen LogP contribution in [0.25, 0.3) is 0 Å². The first-order valence-corrected chi connectivity index (χ1v) is 6.17. The highest BCUT2D eigenvalue weighted by molar-refractivity contribution is 5.34. The van der Waals surface area contributed by atoms with Crippen LogP contribution >= 0.6 is 0 Å². The molecule has 0 aliphatic rings. The van der Waals surface area contributed by atoms with Gasteiger partial charge in [-0.2, -0.15) is 0 Å². The fourth-order valence-electron chi connectivity index (χ4n) is 1.67. The van der Waals surface area contributed by atoms with Crippen LogP contribution in [0.3, 0.4) is 0 Å². The Kier molecular flexibility index (Phi) is 4.12. The molecule has 1 atom stereocenters. The molecule has 1 unspecified atom stereocenters. The molecule has 0 aliphatic heterocycles. The number of aromatic nitrogens is 1. The van der Waals surface area contributed by atoms with Gasteiger partial charge in [0, 0.05) is 6.04 Å². The molecule has 100 valence electrons. The number of nitrogens with one attached hydrogen (secondary N) is 1. The molecule has 0 bridgehead atoms. The number of benzene rings is 1. The number of rotatable bonds is 4. The van der Waals surface area contributed by atoms with Crippen molar-refractivity contribution < 1.29 is 9.13 Å². The van der Waals surface area contributed by atoms with Crippen LogP contribution in [0.2, 0.25) is 0 Å². The van der Waals surface area contributed by atoms with Crippen LogP contribution in [0.15, 0.2) is 36.5 Å². The maximum atomic E-state index is 13.6. The lowest BCUT2D eigenvalue weighted by atomic mass is 10.2. The maximum absolute atomic E-state index is 13.6. The van der Waals surface area contributed by atoms with Gasteiger partial charge in [-0.05, 0) is 50.7 Å². The molecule has 2 rings (SSSR count). The van der Waals surface area contributed by atoms with Gasteiger partial charge >= 0.3 is 0 Å². The largest absolute Gasteiger partial charge is 0.453 e. The quantitative estimate of drug-likeness (QED) is 0.912. The van der Waals surface area contributed by atoms with Crippen LogP contribution in [0.5, 0.6) is 11.5 Å². The molecule has 2 aromatic rings. The molecule has 0 saturated carbocycles. The molecule has 0 spiro atoms. The van der Waals surface area contributed by atoms with Crippen molar-refractivity contribution in [3.05, 3.63) is 53.6 Å². The second-order valence-corrected chi connectivity index (χ2v) is 4.47. The third kappa shape index (κ3) is 3.29. The summed E-state index contributed by atoms with van der Waals surface area (Å²) in [5, 5.41) is 3.10. The Hall–Kier alpha value is -1.94. The fourth-order valence-corrected chi connectivity index (χ4v) is 1.67. The number of hydrogen-bond donors (Lipinski definition) is 1. The summed E-state index contributed by atoms with van der Waals surface area (Å²) in [6.07, 6.45) is 1.60. The smallest absolute Gasteiger partial charge is 0.165 e. The average Bonchev–Trinajstić information content (AvgIpc) is 2.43. The van der Waals surface area contributed by atoms with Crippen LogP contribution in [-0.4, -0.2) is 12.0 Å². The Morgan fingerprint density at radius 3 is 2.68 bits per heavy atom. The van der Waals surface area contributed by atoms with Gasteiger partial charge < -0.3 is 10.1 Å². The predicted octanol–water partition coefficient (Wildman–Crippen LogP) is 3.60. The SMILES string of the molecule is CNC(C)c1ccc(Oc2cc(C)ccc2F)cn1. The molecule has 0 aliphatic carbocycles. The average molecular weight is 260 g/mol. The molecule has 0 fully saturated rings. The number of halogens is 1. The van der Waals surface area contributed by atoms with Crippen molar-refractivity contribution in [2.24, 2.45) is 0 Å². The Labute approximate surface area is 112 Å². The second-order valence-electron chi connectivity index (χ2n) is 4.47. The lowest BCUT2D eigenvalue weighted by Crippen LogP contribution is -2.13. The number of aryl methyl sites for hydroxylation is 1. The zero-order chi connectivity index (χ0) is 13.8. The zero-order valence-electron chi connectivity index (χ0n) is 11.3. The highest BCUT2D eigenvalue weighted by Crippen LogP contribution is 2.25. The fraction of sp³-hybridized carbons (Fsp3) is 0.267. The van der Waals surface area contributed by atoms with Crippen LogP contribution in [0.4, 0.5) is 4.39 Å². The Morgan fingerprint density at radius 1 is 1.26 bits per heavy atom. The van der Waals surface area contributed by atoms with Gasteiger partial charge in [0.2, 0.25) is 0 Å². The first-order valence-electron chi connectivity index (χ1n) is 6.17. The molecule has 19 heavy (non-hydrogen) atoms. The second kappa shape index (κ2) is 5.80. The summed E-state index contributed by atoms with van der Waals surface area (Å²) in [5.41, 5.74) is 1.87. The van der Waals surface area contributed by atoms with Crippen molar-refractivity contribution in [1.29, 1.82) is 0 Å². The highest BCUT2D eigenvalue weighted by Gasteiger charge is 2.07. The van der Waals surface area contributed by atoms with Gasteiger partial charge in [0.1, 0.15) is 5.75 Å². The van der Waals surface area contributed by atoms with Gasteiger partial charge in [-0.3, -0.25) is 4.98 Å². The maximum Gasteiger partial charge on any atom is 0.165 e. The minimum absolute atomic E-state index is 0.171. The Balaban J connectivity index is 2.17. The summed E-state index contributed by atoms with van der Waals surface area (Å²) in [4.78, 5) is 4.29. The molecule has 0 saturated heterocycles. The summed E-state index contributed by atoms with van der Waals surface area (Å²) in [6, 6.07) is 8.60. The Morgan fingerprint density at radius 2 is 2.05 bits per heavy atom. The van der Waals surface area contributed by atoms with Crippen molar-refractivity contribution in [3.63, 3.8) is 0 Å². The van der Waals surface area contributed by atoms with Gasteiger partial charge in [0.05, 0.1) is 11.9 Å². The summed E-state index contributed by atoms with van der Waals surface area (Å²) >= 11 is 0. The minimum Gasteiger partial charge on any atom is -0.453 e. The van der Waals surface area contributed by atoms with E-state index in [1.807, 2.05) is 27.0 Å². The number of ether oxygens (including phenoxy) is 1. The third-order valence-corrected chi connectivity index (χ3v) is 2.95. The van der Waals surface area contributed by atoms with Gasteiger partial charge in [-0.1, -0.05) is 6.07 Å². The number of hydrogen-bond acceptors (Lipinski definition) is 3. The summed E-state index contributed by atoms with van der Waals surface area (Å²) in [7, 11) is 1.87. The minimum atomic E-state index is -0.377. The third-order valence-electron chi connectivity index (χ3n) is 2.95. The van der Waals surface area contributed by atoms with Crippen molar-refractivity contribution >= 4 is 0 Å². The molecular weight excluding hydrogens is 243 g/mol.